The van der Waals surface area contributed by atoms with Crippen LogP contribution in [0.5, 0.6) is 0 Å². The van der Waals surface area contributed by atoms with E-state index in [1.807, 2.05) is 91.0 Å². The van der Waals surface area contributed by atoms with E-state index in [2.05, 4.69) is 11.9 Å². The van der Waals surface area contributed by atoms with E-state index in [4.69, 9.17) is 14.2 Å². The van der Waals surface area contributed by atoms with Gasteiger partial charge in [0.15, 0.2) is 0 Å². The molecule has 36 heavy (non-hydrogen) atoms. The molecule has 0 saturated heterocycles. The fraction of sp³-hybridized carbons (Fsp3) is 0.300. The van der Waals surface area contributed by atoms with Gasteiger partial charge in [0.25, 0.3) is 0 Å². The van der Waals surface area contributed by atoms with Crippen molar-refractivity contribution >= 4 is 5.91 Å². The number of aliphatic hydroxyl groups is 1. The van der Waals surface area contributed by atoms with E-state index < -0.39 is 30.5 Å². The number of aliphatic hydroxyl groups excluding tert-OH is 1. The Labute approximate surface area is 212 Å². The number of benzene rings is 3. The zero-order valence-corrected chi connectivity index (χ0v) is 20.5. The van der Waals surface area contributed by atoms with Crippen molar-refractivity contribution in [3.8, 4) is 0 Å². The Bertz CT molecular complexity index is 1110. The van der Waals surface area contributed by atoms with Gasteiger partial charge in [0.2, 0.25) is 5.91 Å². The molecule has 3 aromatic rings. The largest absolute Gasteiger partial charge is 0.388 e. The summed E-state index contributed by atoms with van der Waals surface area (Å²) in [6.07, 6.45) is -3.10. The summed E-state index contributed by atoms with van der Waals surface area (Å²) in [6.45, 7) is 6.54. The topological polar surface area (TPSA) is 77.0 Å². The van der Waals surface area contributed by atoms with Crippen LogP contribution in [0.2, 0.25) is 0 Å². The van der Waals surface area contributed by atoms with Crippen LogP contribution in [0.15, 0.2) is 103 Å². The van der Waals surface area contributed by atoms with Gasteiger partial charge in [-0.05, 0) is 22.3 Å². The van der Waals surface area contributed by atoms with Crippen molar-refractivity contribution in [1.29, 1.82) is 0 Å². The second-order valence-electron chi connectivity index (χ2n) is 8.98. The summed E-state index contributed by atoms with van der Waals surface area (Å²) in [7, 11) is 0. The highest BCUT2D eigenvalue weighted by atomic mass is 16.6. The Hall–Kier alpha value is -3.29. The lowest BCUT2D eigenvalue weighted by Crippen LogP contribution is -2.63. The van der Waals surface area contributed by atoms with Crippen molar-refractivity contribution in [2.75, 3.05) is 0 Å². The van der Waals surface area contributed by atoms with E-state index in [1.165, 1.54) is 6.92 Å². The summed E-state index contributed by atoms with van der Waals surface area (Å²) in [4.78, 5) is 12.0. The van der Waals surface area contributed by atoms with Crippen LogP contribution in [0.3, 0.4) is 0 Å². The van der Waals surface area contributed by atoms with Crippen molar-refractivity contribution in [2.24, 2.45) is 0 Å². The maximum atomic E-state index is 12.0. The highest BCUT2D eigenvalue weighted by Crippen LogP contribution is 2.33. The zero-order chi connectivity index (χ0) is 25.3. The monoisotopic (exact) mass is 487 g/mol. The van der Waals surface area contributed by atoms with Crippen molar-refractivity contribution < 1.29 is 24.1 Å². The molecule has 3 aromatic carbocycles. The standard InChI is InChI=1S/C30H33NO5/c1-21-26(31-22(2)32)27(33)29(35-19-24-14-8-4-9-15-24)30(36-20-25-16-10-5-11-17-25)28(21)34-18-23-12-6-3-7-13-23/h3-17,26-30,33H,1,18-20H2,2H3,(H,31,32)/t26-,27+,28+,29-,30-/m0/s1. The average molecular weight is 488 g/mol. The molecule has 1 saturated carbocycles. The van der Waals surface area contributed by atoms with E-state index in [-0.39, 0.29) is 12.5 Å². The predicted molar refractivity (Wildman–Crippen MR) is 138 cm³/mol. The Kier molecular flexibility index (Phi) is 9.03. The van der Waals surface area contributed by atoms with Crippen LogP contribution < -0.4 is 5.32 Å². The molecule has 1 aliphatic rings. The van der Waals surface area contributed by atoms with E-state index in [1.54, 1.807) is 0 Å². The first-order chi connectivity index (χ1) is 17.5. The number of hydrogen-bond acceptors (Lipinski definition) is 5. The van der Waals surface area contributed by atoms with Gasteiger partial charge >= 0.3 is 0 Å². The van der Waals surface area contributed by atoms with Gasteiger partial charge < -0.3 is 24.6 Å². The molecule has 6 nitrogen and oxygen atoms in total. The number of ether oxygens (including phenoxy) is 3. The lowest BCUT2D eigenvalue weighted by atomic mass is 9.81. The van der Waals surface area contributed by atoms with E-state index >= 15 is 0 Å². The van der Waals surface area contributed by atoms with E-state index in [0.717, 1.165) is 16.7 Å². The number of nitrogens with one attached hydrogen (secondary N) is 1. The van der Waals surface area contributed by atoms with Gasteiger partial charge in [-0.15, -0.1) is 0 Å². The summed E-state index contributed by atoms with van der Waals surface area (Å²) in [6, 6.07) is 28.6. The van der Waals surface area contributed by atoms with Gasteiger partial charge in [0.05, 0.1) is 25.9 Å². The number of hydrogen-bond donors (Lipinski definition) is 2. The Morgan fingerprint density at radius 1 is 0.750 bits per heavy atom. The lowest BCUT2D eigenvalue weighted by molar-refractivity contribution is -0.191. The molecule has 0 spiro atoms. The van der Waals surface area contributed by atoms with Gasteiger partial charge in [-0.25, -0.2) is 0 Å². The van der Waals surface area contributed by atoms with Gasteiger partial charge in [-0.1, -0.05) is 97.6 Å². The fourth-order valence-electron chi connectivity index (χ4n) is 4.43. The molecule has 0 heterocycles. The summed E-state index contributed by atoms with van der Waals surface area (Å²) < 4.78 is 19.0. The second-order valence-corrected chi connectivity index (χ2v) is 8.98. The normalized spacial score (nSPS) is 23.8. The first kappa shape index (κ1) is 25.8. The number of rotatable bonds is 10. The minimum Gasteiger partial charge on any atom is -0.388 e. The summed E-state index contributed by atoms with van der Waals surface area (Å²) in [5.41, 5.74) is 3.50. The third-order valence-corrected chi connectivity index (χ3v) is 6.27. The van der Waals surface area contributed by atoms with Gasteiger partial charge in [0, 0.05) is 6.92 Å². The van der Waals surface area contributed by atoms with Crippen LogP contribution in [0.4, 0.5) is 0 Å². The maximum absolute atomic E-state index is 12.0. The maximum Gasteiger partial charge on any atom is 0.217 e. The summed E-state index contributed by atoms with van der Waals surface area (Å²) in [5.74, 6) is -0.271. The molecule has 0 radical (unpaired) electrons. The van der Waals surface area contributed by atoms with Crippen LogP contribution in [0, 0.1) is 0 Å². The SMILES string of the molecule is C=C1[C@@H](OCc2ccccc2)[C@H](OCc2ccccc2)[C@@H](OCc2ccccc2)[C@H](O)[C@H]1NC(C)=O. The van der Waals surface area contributed by atoms with E-state index in [0.29, 0.717) is 18.8 Å². The average Bonchev–Trinajstić information content (AvgIpc) is 2.90. The summed E-state index contributed by atoms with van der Waals surface area (Å²) in [5, 5.41) is 14.2. The molecule has 2 N–H and O–H groups in total. The smallest absolute Gasteiger partial charge is 0.217 e. The van der Waals surface area contributed by atoms with Crippen molar-refractivity contribution in [3.63, 3.8) is 0 Å². The molecule has 0 aromatic heterocycles. The van der Waals surface area contributed by atoms with Crippen molar-refractivity contribution in [3.05, 3.63) is 120 Å². The third-order valence-electron chi connectivity index (χ3n) is 6.27. The van der Waals surface area contributed by atoms with Gasteiger partial charge in [-0.2, -0.15) is 0 Å². The zero-order valence-electron chi connectivity index (χ0n) is 20.5. The molecular weight excluding hydrogens is 454 g/mol. The highest BCUT2D eigenvalue weighted by molar-refractivity contribution is 5.74. The van der Waals surface area contributed by atoms with Gasteiger partial charge in [-0.3, -0.25) is 4.79 Å². The Morgan fingerprint density at radius 3 is 1.61 bits per heavy atom. The fourth-order valence-corrected chi connectivity index (χ4v) is 4.43. The molecule has 4 rings (SSSR count). The lowest BCUT2D eigenvalue weighted by Gasteiger charge is -2.45. The first-order valence-electron chi connectivity index (χ1n) is 12.1. The van der Waals surface area contributed by atoms with Crippen LogP contribution in [0.25, 0.3) is 0 Å². The molecule has 1 aliphatic carbocycles. The molecular formula is C30H33NO5. The minimum absolute atomic E-state index is 0.271. The van der Waals surface area contributed by atoms with Crippen LogP contribution in [-0.2, 0) is 38.8 Å². The molecule has 6 heteroatoms. The Morgan fingerprint density at radius 2 is 1.17 bits per heavy atom. The molecule has 0 bridgehead atoms. The third kappa shape index (κ3) is 6.68. The number of amides is 1. The molecule has 188 valence electrons. The quantitative estimate of drug-likeness (QED) is 0.420. The number of carbonyl (C=O) groups excluding carboxylic acids is 1. The Balaban J connectivity index is 1.61. The van der Waals surface area contributed by atoms with E-state index in [9.17, 15) is 9.90 Å². The van der Waals surface area contributed by atoms with Crippen molar-refractivity contribution in [1.82, 2.24) is 5.32 Å². The van der Waals surface area contributed by atoms with Crippen LogP contribution in [0.1, 0.15) is 23.6 Å². The molecule has 1 fully saturated rings. The van der Waals surface area contributed by atoms with Crippen LogP contribution in [-0.4, -0.2) is 41.5 Å². The molecule has 1 amide bonds. The molecule has 0 aliphatic heterocycles. The minimum atomic E-state index is -1.07. The first-order valence-corrected chi connectivity index (χ1v) is 12.1. The predicted octanol–water partition coefficient (Wildman–Crippen LogP) is 4.18. The van der Waals surface area contributed by atoms with Crippen LogP contribution >= 0.6 is 0 Å². The summed E-state index contributed by atoms with van der Waals surface area (Å²) >= 11 is 0. The molecule has 0 unspecified atom stereocenters. The number of carbonyl (C=O) groups is 1. The highest BCUT2D eigenvalue weighted by Gasteiger charge is 2.49. The molecule has 5 atom stereocenters. The van der Waals surface area contributed by atoms with Gasteiger partial charge in [0.1, 0.15) is 24.4 Å². The van der Waals surface area contributed by atoms with Crippen molar-refractivity contribution in [2.45, 2.75) is 57.2 Å². The second kappa shape index (κ2) is 12.6.